The molecule has 0 aliphatic carbocycles. The van der Waals surface area contributed by atoms with Gasteiger partial charge in [-0.2, -0.15) is 0 Å². The summed E-state index contributed by atoms with van der Waals surface area (Å²) in [6.45, 7) is 6.18. The average molecular weight is 226 g/mol. The number of hydrogen-bond acceptors (Lipinski definition) is 1. The Morgan fingerprint density at radius 3 is 2.87 bits per heavy atom. The first kappa shape index (κ1) is 12.5. The van der Waals surface area contributed by atoms with Crippen LogP contribution in [0.1, 0.15) is 30.9 Å². The minimum absolute atomic E-state index is 0.315. The Morgan fingerprint density at radius 1 is 1.40 bits per heavy atom. The van der Waals surface area contributed by atoms with E-state index in [2.05, 4.69) is 43.4 Å². The molecule has 15 heavy (non-hydrogen) atoms. The SMILES string of the molecule is CCC(Cl)CCNCc1cccc(C)c1. The number of benzene rings is 1. The average Bonchev–Trinajstić information content (AvgIpc) is 2.24. The summed E-state index contributed by atoms with van der Waals surface area (Å²) < 4.78 is 0. The second-order valence-electron chi connectivity index (χ2n) is 3.96. The van der Waals surface area contributed by atoms with E-state index < -0.39 is 0 Å². The van der Waals surface area contributed by atoms with Gasteiger partial charge in [-0.15, -0.1) is 11.6 Å². The molecule has 1 N–H and O–H groups in total. The highest BCUT2D eigenvalue weighted by molar-refractivity contribution is 6.20. The van der Waals surface area contributed by atoms with Gasteiger partial charge >= 0.3 is 0 Å². The monoisotopic (exact) mass is 225 g/mol. The van der Waals surface area contributed by atoms with Crippen molar-refractivity contribution in [2.24, 2.45) is 0 Å². The summed E-state index contributed by atoms with van der Waals surface area (Å²) in [7, 11) is 0. The molecular formula is C13H20ClN. The number of halogens is 1. The van der Waals surface area contributed by atoms with Crippen LogP contribution in [0.4, 0.5) is 0 Å². The fraction of sp³-hybridized carbons (Fsp3) is 0.538. The molecule has 1 unspecified atom stereocenters. The van der Waals surface area contributed by atoms with E-state index in [1.54, 1.807) is 0 Å². The van der Waals surface area contributed by atoms with Crippen molar-refractivity contribution in [1.29, 1.82) is 0 Å². The molecule has 0 heterocycles. The van der Waals surface area contributed by atoms with Crippen molar-refractivity contribution in [3.63, 3.8) is 0 Å². The lowest BCUT2D eigenvalue weighted by molar-refractivity contribution is 0.621. The predicted molar refractivity (Wildman–Crippen MR) is 67.4 cm³/mol. The maximum absolute atomic E-state index is 6.03. The lowest BCUT2D eigenvalue weighted by atomic mass is 10.1. The van der Waals surface area contributed by atoms with Crippen LogP contribution in [0.2, 0.25) is 0 Å². The molecule has 0 saturated carbocycles. The van der Waals surface area contributed by atoms with Crippen LogP contribution in [0.5, 0.6) is 0 Å². The van der Waals surface area contributed by atoms with Crippen molar-refractivity contribution < 1.29 is 0 Å². The molecule has 0 aliphatic heterocycles. The molecule has 1 nitrogen and oxygen atoms in total. The van der Waals surface area contributed by atoms with Crippen molar-refractivity contribution >= 4 is 11.6 Å². The molecule has 0 spiro atoms. The number of aryl methyl sites for hydroxylation is 1. The van der Waals surface area contributed by atoms with Crippen LogP contribution in [-0.4, -0.2) is 11.9 Å². The normalized spacial score (nSPS) is 12.7. The van der Waals surface area contributed by atoms with E-state index >= 15 is 0 Å². The van der Waals surface area contributed by atoms with E-state index in [0.29, 0.717) is 5.38 Å². The fourth-order valence-electron chi connectivity index (χ4n) is 1.52. The van der Waals surface area contributed by atoms with Crippen LogP contribution >= 0.6 is 11.6 Å². The van der Waals surface area contributed by atoms with Gasteiger partial charge in [-0.1, -0.05) is 36.8 Å². The van der Waals surface area contributed by atoms with E-state index in [1.165, 1.54) is 11.1 Å². The minimum atomic E-state index is 0.315. The second kappa shape index (κ2) is 6.86. The van der Waals surface area contributed by atoms with Crippen LogP contribution in [0.15, 0.2) is 24.3 Å². The zero-order valence-corrected chi connectivity index (χ0v) is 10.3. The third kappa shape index (κ3) is 5.19. The third-order valence-electron chi connectivity index (χ3n) is 2.49. The largest absolute Gasteiger partial charge is 0.313 e. The molecule has 0 aromatic heterocycles. The van der Waals surface area contributed by atoms with Crippen molar-refractivity contribution in [3.05, 3.63) is 35.4 Å². The van der Waals surface area contributed by atoms with Gasteiger partial charge in [0, 0.05) is 11.9 Å². The summed E-state index contributed by atoms with van der Waals surface area (Å²) in [5, 5.41) is 3.72. The minimum Gasteiger partial charge on any atom is -0.313 e. The van der Waals surface area contributed by atoms with Crippen LogP contribution in [0.3, 0.4) is 0 Å². The zero-order chi connectivity index (χ0) is 11.1. The van der Waals surface area contributed by atoms with Gasteiger partial charge in [-0.25, -0.2) is 0 Å². The summed E-state index contributed by atoms with van der Waals surface area (Å²) in [4.78, 5) is 0. The van der Waals surface area contributed by atoms with E-state index in [4.69, 9.17) is 11.6 Å². The lowest BCUT2D eigenvalue weighted by Crippen LogP contribution is -2.17. The molecular weight excluding hydrogens is 206 g/mol. The smallest absolute Gasteiger partial charge is 0.0345 e. The lowest BCUT2D eigenvalue weighted by Gasteiger charge is -2.08. The highest BCUT2D eigenvalue weighted by Crippen LogP contribution is 2.06. The molecule has 1 atom stereocenters. The standard InChI is InChI=1S/C13H20ClN/c1-3-13(14)7-8-15-10-12-6-4-5-11(2)9-12/h4-6,9,13,15H,3,7-8,10H2,1-2H3. The van der Waals surface area contributed by atoms with E-state index in [1.807, 2.05) is 0 Å². The maximum atomic E-state index is 6.03. The molecule has 84 valence electrons. The van der Waals surface area contributed by atoms with E-state index in [-0.39, 0.29) is 0 Å². The number of alkyl halides is 1. The Morgan fingerprint density at radius 2 is 2.20 bits per heavy atom. The van der Waals surface area contributed by atoms with Gasteiger partial charge in [-0.3, -0.25) is 0 Å². The van der Waals surface area contributed by atoms with Crippen LogP contribution in [0, 0.1) is 6.92 Å². The molecule has 0 fully saturated rings. The second-order valence-corrected chi connectivity index (χ2v) is 4.58. The summed E-state index contributed by atoms with van der Waals surface area (Å²) in [5.41, 5.74) is 2.66. The van der Waals surface area contributed by atoms with Crippen molar-refractivity contribution in [2.45, 2.75) is 38.6 Å². The van der Waals surface area contributed by atoms with Gasteiger partial charge in [0.2, 0.25) is 0 Å². The third-order valence-corrected chi connectivity index (χ3v) is 3.02. The Kier molecular flexibility index (Phi) is 5.74. The molecule has 0 radical (unpaired) electrons. The van der Waals surface area contributed by atoms with E-state index in [9.17, 15) is 0 Å². The number of hydrogen-bond donors (Lipinski definition) is 1. The first-order chi connectivity index (χ1) is 7.22. The Hall–Kier alpha value is -0.530. The Bertz CT molecular complexity index is 286. The van der Waals surface area contributed by atoms with Gasteiger partial charge in [0.05, 0.1) is 0 Å². The molecule has 0 amide bonds. The zero-order valence-electron chi connectivity index (χ0n) is 9.59. The molecule has 1 rings (SSSR count). The number of nitrogens with one attached hydrogen (secondary N) is 1. The quantitative estimate of drug-likeness (QED) is 0.577. The molecule has 0 bridgehead atoms. The summed E-state index contributed by atoms with van der Waals surface area (Å²) in [6.07, 6.45) is 2.09. The molecule has 1 aromatic carbocycles. The van der Waals surface area contributed by atoms with Crippen LogP contribution in [-0.2, 0) is 6.54 Å². The fourth-order valence-corrected chi connectivity index (χ4v) is 1.63. The molecule has 0 aliphatic rings. The first-order valence-electron chi connectivity index (χ1n) is 5.62. The predicted octanol–water partition coefficient (Wildman–Crippen LogP) is 3.49. The van der Waals surface area contributed by atoms with Crippen LogP contribution in [0.25, 0.3) is 0 Å². The molecule has 1 aromatic rings. The van der Waals surface area contributed by atoms with E-state index in [0.717, 1.165) is 25.9 Å². The molecule has 0 saturated heterocycles. The summed E-state index contributed by atoms with van der Waals surface area (Å²) in [6, 6.07) is 8.58. The number of rotatable bonds is 6. The van der Waals surface area contributed by atoms with Crippen molar-refractivity contribution in [1.82, 2.24) is 5.32 Å². The van der Waals surface area contributed by atoms with Crippen molar-refractivity contribution in [3.8, 4) is 0 Å². The Labute approximate surface area is 97.8 Å². The Balaban J connectivity index is 2.20. The topological polar surface area (TPSA) is 12.0 Å². The van der Waals surface area contributed by atoms with Gasteiger partial charge in [0.15, 0.2) is 0 Å². The maximum Gasteiger partial charge on any atom is 0.0345 e. The highest BCUT2D eigenvalue weighted by Gasteiger charge is 1.99. The van der Waals surface area contributed by atoms with Gasteiger partial charge in [-0.05, 0) is 31.9 Å². The summed E-state index contributed by atoms with van der Waals surface area (Å²) >= 11 is 6.03. The first-order valence-corrected chi connectivity index (χ1v) is 6.06. The van der Waals surface area contributed by atoms with Crippen molar-refractivity contribution in [2.75, 3.05) is 6.54 Å². The molecule has 2 heteroatoms. The van der Waals surface area contributed by atoms with Crippen LogP contribution < -0.4 is 5.32 Å². The summed E-state index contributed by atoms with van der Waals surface area (Å²) in [5.74, 6) is 0. The van der Waals surface area contributed by atoms with Gasteiger partial charge in [0.1, 0.15) is 0 Å². The highest BCUT2D eigenvalue weighted by atomic mass is 35.5. The van der Waals surface area contributed by atoms with Gasteiger partial charge < -0.3 is 5.32 Å². The van der Waals surface area contributed by atoms with Gasteiger partial charge in [0.25, 0.3) is 0 Å².